The second-order valence-electron chi connectivity index (χ2n) is 7.14. The van der Waals surface area contributed by atoms with Gasteiger partial charge in [-0.3, -0.25) is 9.20 Å². The summed E-state index contributed by atoms with van der Waals surface area (Å²) in [6, 6.07) is 17.4. The van der Waals surface area contributed by atoms with Crippen molar-refractivity contribution < 1.29 is 9.53 Å². The lowest BCUT2D eigenvalue weighted by molar-refractivity contribution is -0.143. The first-order valence-electron chi connectivity index (χ1n) is 10.0. The number of hydrogen-bond donors (Lipinski definition) is 1. The summed E-state index contributed by atoms with van der Waals surface area (Å²) in [5.74, 6) is 0.500. The number of fused-ring (bicyclic) bond motifs is 3. The summed E-state index contributed by atoms with van der Waals surface area (Å²) in [6.45, 7) is 4.02. The molecule has 0 radical (unpaired) electrons. The first-order chi connectivity index (χ1) is 15.0. The van der Waals surface area contributed by atoms with Crippen molar-refractivity contribution in [1.29, 1.82) is 5.26 Å². The van der Waals surface area contributed by atoms with Gasteiger partial charge < -0.3 is 10.1 Å². The molecule has 0 spiro atoms. The average molecular weight is 433 g/mol. The molecule has 0 fully saturated rings. The molecule has 7 heteroatoms. The molecule has 0 unspecified atom stereocenters. The summed E-state index contributed by atoms with van der Waals surface area (Å²) < 4.78 is 7.07. The van der Waals surface area contributed by atoms with Gasteiger partial charge in [0.1, 0.15) is 11.9 Å². The van der Waals surface area contributed by atoms with Gasteiger partial charge in [0.2, 0.25) is 0 Å². The second-order valence-corrected chi connectivity index (χ2v) is 7.57. The number of benzene rings is 2. The standard InChI is InChI=1S/C24H21ClN4O2/c1-3-31-22(30)13-12-18-15(2)19(14-26)24-28-20-6-4-5-7-21(20)29(24)23(18)27-17-10-8-16(25)9-11-17/h4-11,27H,3,12-13H2,1-2H3. The minimum absolute atomic E-state index is 0.215. The quantitative estimate of drug-likeness (QED) is 0.403. The fourth-order valence-electron chi connectivity index (χ4n) is 3.75. The summed E-state index contributed by atoms with van der Waals surface area (Å²) in [4.78, 5) is 16.8. The number of rotatable bonds is 6. The van der Waals surface area contributed by atoms with Gasteiger partial charge in [0.15, 0.2) is 5.65 Å². The molecule has 0 atom stereocenters. The Hall–Kier alpha value is -3.56. The highest BCUT2D eigenvalue weighted by atomic mass is 35.5. The van der Waals surface area contributed by atoms with Gasteiger partial charge in [0.25, 0.3) is 0 Å². The highest BCUT2D eigenvalue weighted by Crippen LogP contribution is 2.33. The third kappa shape index (κ3) is 3.92. The smallest absolute Gasteiger partial charge is 0.306 e. The van der Waals surface area contributed by atoms with Crippen molar-refractivity contribution in [1.82, 2.24) is 9.38 Å². The zero-order chi connectivity index (χ0) is 22.0. The number of carbonyl (C=O) groups is 1. The van der Waals surface area contributed by atoms with Gasteiger partial charge in [-0.25, -0.2) is 4.98 Å². The van der Waals surface area contributed by atoms with Crippen molar-refractivity contribution in [3.8, 4) is 6.07 Å². The third-order valence-corrected chi connectivity index (χ3v) is 5.48. The fourth-order valence-corrected chi connectivity index (χ4v) is 3.88. The van der Waals surface area contributed by atoms with Gasteiger partial charge in [-0.1, -0.05) is 23.7 Å². The van der Waals surface area contributed by atoms with Crippen LogP contribution in [0.25, 0.3) is 16.7 Å². The van der Waals surface area contributed by atoms with Crippen LogP contribution in [0.5, 0.6) is 0 Å². The maximum absolute atomic E-state index is 12.1. The van der Waals surface area contributed by atoms with Crippen molar-refractivity contribution in [3.63, 3.8) is 0 Å². The minimum Gasteiger partial charge on any atom is -0.466 e. The fraction of sp³-hybridized carbons (Fsp3) is 0.208. The van der Waals surface area contributed by atoms with Crippen LogP contribution in [-0.4, -0.2) is 22.0 Å². The van der Waals surface area contributed by atoms with Crippen LogP contribution in [-0.2, 0) is 16.0 Å². The molecule has 2 aromatic carbocycles. The Kier molecular flexibility index (Phi) is 5.79. The van der Waals surface area contributed by atoms with Gasteiger partial charge in [-0.15, -0.1) is 0 Å². The molecular weight excluding hydrogens is 412 g/mol. The normalized spacial score (nSPS) is 10.9. The number of aromatic nitrogens is 2. The molecule has 0 bridgehead atoms. The van der Waals surface area contributed by atoms with Crippen LogP contribution in [0.15, 0.2) is 48.5 Å². The van der Waals surface area contributed by atoms with Gasteiger partial charge in [0, 0.05) is 17.1 Å². The lowest BCUT2D eigenvalue weighted by atomic mass is 10.00. The number of nitriles is 1. The highest BCUT2D eigenvalue weighted by molar-refractivity contribution is 6.30. The zero-order valence-corrected chi connectivity index (χ0v) is 18.0. The molecule has 6 nitrogen and oxygen atoms in total. The molecule has 2 aromatic heterocycles. The van der Waals surface area contributed by atoms with E-state index in [1.165, 1.54) is 0 Å². The molecule has 31 heavy (non-hydrogen) atoms. The Bertz CT molecular complexity index is 1320. The third-order valence-electron chi connectivity index (χ3n) is 5.22. The number of ether oxygens (including phenoxy) is 1. The number of halogens is 1. The molecule has 0 saturated carbocycles. The Labute approximate surface area is 185 Å². The largest absolute Gasteiger partial charge is 0.466 e. The van der Waals surface area contributed by atoms with Gasteiger partial charge >= 0.3 is 5.97 Å². The van der Waals surface area contributed by atoms with E-state index >= 15 is 0 Å². The van der Waals surface area contributed by atoms with Crippen LogP contribution in [0.3, 0.4) is 0 Å². The van der Waals surface area contributed by atoms with E-state index in [1.54, 1.807) is 6.92 Å². The average Bonchev–Trinajstić information content (AvgIpc) is 3.14. The zero-order valence-electron chi connectivity index (χ0n) is 17.3. The van der Waals surface area contributed by atoms with E-state index in [9.17, 15) is 10.1 Å². The second kappa shape index (κ2) is 8.66. The number of anilines is 2. The molecule has 1 N–H and O–H groups in total. The Morgan fingerprint density at radius 2 is 1.97 bits per heavy atom. The lowest BCUT2D eigenvalue weighted by Gasteiger charge is -2.19. The molecule has 4 aromatic rings. The topological polar surface area (TPSA) is 79.4 Å². The van der Waals surface area contributed by atoms with Crippen LogP contribution in [0.4, 0.5) is 11.5 Å². The number of nitrogens with zero attached hydrogens (tertiary/aromatic N) is 3. The summed E-state index contributed by atoms with van der Waals surface area (Å²) in [6.07, 6.45) is 0.644. The van der Waals surface area contributed by atoms with Gasteiger partial charge in [0.05, 0.1) is 23.2 Å². The van der Waals surface area contributed by atoms with Gasteiger partial charge in [-0.05, 0) is 67.8 Å². The summed E-state index contributed by atoms with van der Waals surface area (Å²) in [5.41, 5.74) is 5.25. The van der Waals surface area contributed by atoms with Crippen LogP contribution < -0.4 is 5.32 Å². The predicted octanol–water partition coefficient (Wildman–Crippen LogP) is 5.56. The van der Waals surface area contributed by atoms with Crippen molar-refractivity contribution >= 4 is 45.8 Å². The molecular formula is C24H21ClN4O2. The Morgan fingerprint density at radius 3 is 2.68 bits per heavy atom. The van der Waals surface area contributed by atoms with Crippen molar-refractivity contribution in [3.05, 3.63) is 70.2 Å². The van der Waals surface area contributed by atoms with E-state index in [0.717, 1.165) is 33.7 Å². The highest BCUT2D eigenvalue weighted by Gasteiger charge is 2.21. The summed E-state index contributed by atoms with van der Waals surface area (Å²) >= 11 is 6.05. The van der Waals surface area contributed by atoms with E-state index in [1.807, 2.05) is 59.9 Å². The van der Waals surface area contributed by atoms with E-state index < -0.39 is 0 Å². The molecule has 0 aliphatic carbocycles. The number of esters is 1. The first kappa shape index (κ1) is 20.7. The Morgan fingerprint density at radius 1 is 1.23 bits per heavy atom. The number of carbonyl (C=O) groups excluding carboxylic acids is 1. The van der Waals surface area contributed by atoms with Crippen LogP contribution in [0.1, 0.15) is 30.0 Å². The first-order valence-corrected chi connectivity index (χ1v) is 10.4. The van der Waals surface area contributed by atoms with E-state index in [0.29, 0.717) is 29.3 Å². The maximum atomic E-state index is 12.1. The SMILES string of the molecule is CCOC(=O)CCc1c(C)c(C#N)c2nc3ccccc3n2c1Nc1ccc(Cl)cc1. The van der Waals surface area contributed by atoms with E-state index in [4.69, 9.17) is 21.3 Å². The number of para-hydroxylation sites is 2. The molecule has 0 saturated heterocycles. The van der Waals surface area contributed by atoms with E-state index in [-0.39, 0.29) is 12.4 Å². The molecule has 156 valence electrons. The monoisotopic (exact) mass is 432 g/mol. The summed E-state index contributed by atoms with van der Waals surface area (Å²) in [5, 5.41) is 14.0. The van der Waals surface area contributed by atoms with Crippen LogP contribution in [0.2, 0.25) is 5.02 Å². The van der Waals surface area contributed by atoms with Crippen molar-refractivity contribution in [2.24, 2.45) is 0 Å². The van der Waals surface area contributed by atoms with Crippen molar-refractivity contribution in [2.45, 2.75) is 26.7 Å². The Balaban J connectivity index is 1.96. The van der Waals surface area contributed by atoms with E-state index in [2.05, 4.69) is 11.4 Å². The predicted molar refractivity (Wildman–Crippen MR) is 122 cm³/mol. The number of imidazole rings is 1. The summed E-state index contributed by atoms with van der Waals surface area (Å²) in [7, 11) is 0. The maximum Gasteiger partial charge on any atom is 0.306 e. The molecule has 0 aliphatic heterocycles. The van der Waals surface area contributed by atoms with Crippen molar-refractivity contribution in [2.75, 3.05) is 11.9 Å². The molecule has 4 rings (SSSR count). The number of hydrogen-bond acceptors (Lipinski definition) is 5. The number of pyridine rings is 1. The van der Waals surface area contributed by atoms with Crippen LogP contribution >= 0.6 is 11.6 Å². The molecule has 0 aliphatic rings. The van der Waals surface area contributed by atoms with Gasteiger partial charge in [-0.2, -0.15) is 5.26 Å². The molecule has 0 amide bonds. The minimum atomic E-state index is -0.270. The number of nitrogens with one attached hydrogen (secondary N) is 1. The lowest BCUT2D eigenvalue weighted by Crippen LogP contribution is -2.11. The molecule has 2 heterocycles. The van der Waals surface area contributed by atoms with Crippen LogP contribution in [0, 0.1) is 18.3 Å².